The van der Waals surface area contributed by atoms with Crippen LogP contribution < -0.4 is 18.9 Å². The lowest BCUT2D eigenvalue weighted by Gasteiger charge is -2.14. The van der Waals surface area contributed by atoms with Crippen LogP contribution in [-0.2, 0) is 19.2 Å². The van der Waals surface area contributed by atoms with Crippen LogP contribution in [0.2, 0.25) is 0 Å². The van der Waals surface area contributed by atoms with E-state index in [0.717, 1.165) is 11.1 Å². The summed E-state index contributed by atoms with van der Waals surface area (Å²) in [5.41, 5.74) is 2.12. The molecule has 2 rings (SSSR count). The van der Waals surface area contributed by atoms with E-state index in [2.05, 4.69) is 0 Å². The molecule has 0 aliphatic heterocycles. The van der Waals surface area contributed by atoms with E-state index >= 15 is 0 Å². The predicted octanol–water partition coefficient (Wildman–Crippen LogP) is 3.87. The Morgan fingerprint density at radius 3 is 1.52 bits per heavy atom. The maximum Gasteiger partial charge on any atom is 0.308 e. The smallest absolute Gasteiger partial charge is 0.308 e. The van der Waals surface area contributed by atoms with Crippen LogP contribution in [0.3, 0.4) is 0 Å². The number of hydrogen-bond donors (Lipinski definition) is 0. The topological polar surface area (TPSA) is 105 Å². The third kappa shape index (κ3) is 7.43. The van der Waals surface area contributed by atoms with Gasteiger partial charge in [-0.1, -0.05) is 18.2 Å². The second-order valence-corrected chi connectivity index (χ2v) is 6.63. The molecular formula is C23H22O8. The summed E-state index contributed by atoms with van der Waals surface area (Å²) < 4.78 is 20.5. The molecule has 0 heterocycles. The highest BCUT2D eigenvalue weighted by Gasteiger charge is 2.19. The Morgan fingerprint density at radius 2 is 1.06 bits per heavy atom. The van der Waals surface area contributed by atoms with E-state index in [9.17, 15) is 19.2 Å². The van der Waals surface area contributed by atoms with E-state index in [1.807, 2.05) is 13.0 Å². The number of carbonyl (C=O) groups excluding carboxylic acids is 4. The van der Waals surface area contributed by atoms with Crippen molar-refractivity contribution in [3.05, 3.63) is 47.0 Å². The molecule has 0 bridgehead atoms. The van der Waals surface area contributed by atoms with Gasteiger partial charge in [-0.15, -0.1) is 0 Å². The van der Waals surface area contributed by atoms with Gasteiger partial charge in [-0.25, -0.2) is 0 Å². The Bertz CT molecular complexity index is 1030. The van der Waals surface area contributed by atoms with Crippen molar-refractivity contribution >= 4 is 36.0 Å². The molecule has 8 nitrogen and oxygen atoms in total. The van der Waals surface area contributed by atoms with Crippen LogP contribution in [-0.4, -0.2) is 23.9 Å². The molecule has 0 radical (unpaired) electrons. The van der Waals surface area contributed by atoms with Gasteiger partial charge in [0.2, 0.25) is 5.75 Å². The summed E-state index contributed by atoms with van der Waals surface area (Å²) in [5.74, 6) is -2.33. The quantitative estimate of drug-likeness (QED) is 0.389. The van der Waals surface area contributed by atoms with E-state index in [-0.39, 0.29) is 17.2 Å². The van der Waals surface area contributed by atoms with Gasteiger partial charge < -0.3 is 18.9 Å². The van der Waals surface area contributed by atoms with Gasteiger partial charge in [0, 0.05) is 27.7 Å². The Labute approximate surface area is 179 Å². The first-order valence-corrected chi connectivity index (χ1v) is 9.25. The van der Waals surface area contributed by atoms with Gasteiger partial charge in [-0.3, -0.25) is 19.2 Å². The van der Waals surface area contributed by atoms with Crippen LogP contribution in [0.25, 0.3) is 12.2 Å². The number of esters is 4. The third-order valence-corrected chi connectivity index (χ3v) is 3.60. The molecular weight excluding hydrogens is 404 g/mol. The van der Waals surface area contributed by atoms with Gasteiger partial charge in [-0.05, 0) is 47.9 Å². The summed E-state index contributed by atoms with van der Waals surface area (Å²) >= 11 is 0. The van der Waals surface area contributed by atoms with Gasteiger partial charge >= 0.3 is 23.9 Å². The molecule has 0 fully saturated rings. The van der Waals surface area contributed by atoms with E-state index in [1.54, 1.807) is 24.3 Å². The Hall–Kier alpha value is -3.94. The summed E-state index contributed by atoms with van der Waals surface area (Å²) in [5, 5.41) is 0. The van der Waals surface area contributed by atoms with Crippen molar-refractivity contribution in [2.75, 3.05) is 0 Å². The van der Waals surface area contributed by atoms with Crippen molar-refractivity contribution in [3.8, 4) is 23.0 Å². The second kappa shape index (κ2) is 10.2. The molecule has 0 N–H and O–H groups in total. The molecule has 0 aliphatic carbocycles. The largest absolute Gasteiger partial charge is 0.427 e. The van der Waals surface area contributed by atoms with Crippen molar-refractivity contribution < 1.29 is 38.1 Å². The van der Waals surface area contributed by atoms with Crippen LogP contribution in [0.15, 0.2) is 30.3 Å². The summed E-state index contributed by atoms with van der Waals surface area (Å²) in [6.07, 6.45) is 3.40. The van der Waals surface area contributed by atoms with Crippen molar-refractivity contribution in [2.24, 2.45) is 0 Å². The fourth-order valence-electron chi connectivity index (χ4n) is 2.69. The van der Waals surface area contributed by atoms with Crippen LogP contribution in [0, 0.1) is 6.92 Å². The molecule has 31 heavy (non-hydrogen) atoms. The predicted molar refractivity (Wildman–Crippen MR) is 112 cm³/mol. The normalized spacial score (nSPS) is 10.5. The average Bonchev–Trinajstić information content (AvgIpc) is 2.60. The van der Waals surface area contributed by atoms with Crippen LogP contribution >= 0.6 is 0 Å². The van der Waals surface area contributed by atoms with Gasteiger partial charge in [-0.2, -0.15) is 0 Å². The minimum Gasteiger partial charge on any atom is -0.427 e. The zero-order valence-corrected chi connectivity index (χ0v) is 17.8. The van der Waals surface area contributed by atoms with E-state index < -0.39 is 23.9 Å². The zero-order chi connectivity index (χ0) is 23.1. The van der Waals surface area contributed by atoms with Crippen molar-refractivity contribution in [3.63, 3.8) is 0 Å². The maximum atomic E-state index is 11.5. The Morgan fingerprint density at radius 1 is 0.613 bits per heavy atom. The van der Waals surface area contributed by atoms with Crippen LogP contribution in [0.5, 0.6) is 23.0 Å². The number of carbonyl (C=O) groups is 4. The molecule has 2 aromatic carbocycles. The summed E-state index contributed by atoms with van der Waals surface area (Å²) in [6, 6.07) is 8.21. The summed E-state index contributed by atoms with van der Waals surface area (Å²) in [4.78, 5) is 45.7. The molecule has 0 aromatic heterocycles. The monoisotopic (exact) mass is 426 g/mol. The average molecular weight is 426 g/mol. The molecule has 0 spiro atoms. The molecule has 0 atom stereocenters. The number of benzene rings is 2. The van der Waals surface area contributed by atoms with Crippen molar-refractivity contribution in [1.29, 1.82) is 0 Å². The highest BCUT2D eigenvalue weighted by molar-refractivity contribution is 5.80. The standard InChI is InChI=1S/C23H22O8/c1-13-8-18(10-20(9-13)28-14(2)24)6-7-19-11-21(29-15(3)25)23(31-17(5)27)22(12-19)30-16(4)26/h6-12H,1-5H3/b7-6+. The van der Waals surface area contributed by atoms with Gasteiger partial charge in [0.25, 0.3) is 0 Å². The first-order chi connectivity index (χ1) is 14.5. The lowest BCUT2D eigenvalue weighted by atomic mass is 10.1. The molecule has 162 valence electrons. The molecule has 0 amide bonds. The summed E-state index contributed by atoms with van der Waals surface area (Å²) in [7, 11) is 0. The lowest BCUT2D eigenvalue weighted by molar-refractivity contribution is -0.135. The molecule has 0 unspecified atom stereocenters. The van der Waals surface area contributed by atoms with Gasteiger partial charge in [0.1, 0.15) is 5.75 Å². The van der Waals surface area contributed by atoms with E-state index in [0.29, 0.717) is 11.3 Å². The molecule has 2 aromatic rings. The molecule has 0 saturated carbocycles. The van der Waals surface area contributed by atoms with Gasteiger partial charge in [0.05, 0.1) is 0 Å². The Balaban J connectivity index is 2.51. The van der Waals surface area contributed by atoms with E-state index in [1.165, 1.54) is 39.8 Å². The number of aryl methyl sites for hydroxylation is 1. The SMILES string of the molecule is CC(=O)Oc1cc(C)cc(/C=C/c2cc(OC(C)=O)c(OC(C)=O)c(OC(C)=O)c2)c1. The minimum atomic E-state index is -0.678. The first-order valence-electron chi connectivity index (χ1n) is 9.25. The molecule has 0 saturated heterocycles. The fourth-order valence-corrected chi connectivity index (χ4v) is 2.69. The maximum absolute atomic E-state index is 11.5. The number of hydrogen-bond acceptors (Lipinski definition) is 8. The minimum absolute atomic E-state index is 0.0778. The van der Waals surface area contributed by atoms with Crippen LogP contribution in [0.4, 0.5) is 0 Å². The Kier molecular flexibility index (Phi) is 7.68. The fraction of sp³-hybridized carbons (Fsp3) is 0.217. The van der Waals surface area contributed by atoms with Crippen LogP contribution in [0.1, 0.15) is 44.4 Å². The molecule has 0 aliphatic rings. The van der Waals surface area contributed by atoms with Gasteiger partial charge in [0.15, 0.2) is 11.5 Å². The van der Waals surface area contributed by atoms with E-state index in [4.69, 9.17) is 18.9 Å². The lowest BCUT2D eigenvalue weighted by Crippen LogP contribution is -2.10. The summed E-state index contributed by atoms with van der Waals surface area (Å²) in [6.45, 7) is 6.72. The third-order valence-electron chi connectivity index (χ3n) is 3.60. The zero-order valence-electron chi connectivity index (χ0n) is 17.8. The van der Waals surface area contributed by atoms with Crippen molar-refractivity contribution in [2.45, 2.75) is 34.6 Å². The second-order valence-electron chi connectivity index (χ2n) is 6.63. The number of ether oxygens (including phenoxy) is 4. The first kappa shape index (κ1) is 23.3. The highest BCUT2D eigenvalue weighted by atomic mass is 16.6. The van der Waals surface area contributed by atoms with Crippen molar-refractivity contribution in [1.82, 2.24) is 0 Å². The number of rotatable bonds is 6. The highest BCUT2D eigenvalue weighted by Crippen LogP contribution is 2.40. The molecule has 8 heteroatoms.